The Hall–Kier alpha value is -1.79. The van der Waals surface area contributed by atoms with Gasteiger partial charge in [0.05, 0.1) is 13.5 Å². The van der Waals surface area contributed by atoms with Crippen LogP contribution in [0.15, 0.2) is 11.0 Å². The van der Waals surface area contributed by atoms with Crippen molar-refractivity contribution < 1.29 is 22.7 Å². The van der Waals surface area contributed by atoms with Gasteiger partial charge >= 0.3 is 5.97 Å². The minimum absolute atomic E-state index is 0.332. The molecule has 0 aliphatic carbocycles. The molecule has 0 unspecified atom stereocenters. The normalized spacial score (nSPS) is 10.6. The van der Waals surface area contributed by atoms with Gasteiger partial charge in [-0.2, -0.15) is 0 Å². The molecule has 4 nitrogen and oxygen atoms in total. The van der Waals surface area contributed by atoms with E-state index in [2.05, 4.69) is 4.74 Å². The number of pyridine rings is 1. The van der Waals surface area contributed by atoms with Gasteiger partial charge in [0, 0.05) is 11.8 Å². The van der Waals surface area contributed by atoms with Crippen LogP contribution >= 0.6 is 0 Å². The summed E-state index contributed by atoms with van der Waals surface area (Å²) in [6.45, 7) is 0. The molecule has 0 aliphatic rings. The summed E-state index contributed by atoms with van der Waals surface area (Å²) < 4.78 is 42.3. The molecule has 1 N–H and O–H groups in total. The second-order valence-electron chi connectivity index (χ2n) is 2.92. The van der Waals surface area contributed by atoms with Crippen molar-refractivity contribution in [1.82, 2.24) is 4.98 Å². The van der Waals surface area contributed by atoms with Crippen molar-refractivity contribution in [2.24, 2.45) is 0 Å². The number of alkyl halides is 2. The van der Waals surface area contributed by atoms with Gasteiger partial charge in [0.15, 0.2) is 0 Å². The van der Waals surface area contributed by atoms with Gasteiger partial charge in [-0.05, 0) is 0 Å². The third-order valence-electron chi connectivity index (χ3n) is 1.92. The lowest BCUT2D eigenvalue weighted by atomic mass is 10.1. The summed E-state index contributed by atoms with van der Waals surface area (Å²) in [4.78, 5) is 23.7. The number of carbonyl (C=O) groups is 1. The third-order valence-corrected chi connectivity index (χ3v) is 1.92. The van der Waals surface area contributed by atoms with Gasteiger partial charge in [0.25, 0.3) is 12.0 Å². The summed E-state index contributed by atoms with van der Waals surface area (Å²) in [6.07, 6.45) is -2.87. The van der Waals surface area contributed by atoms with E-state index in [-0.39, 0.29) is 5.56 Å². The van der Waals surface area contributed by atoms with Gasteiger partial charge in [0.2, 0.25) is 0 Å². The number of halogens is 3. The van der Waals surface area contributed by atoms with Crippen LogP contribution in [0, 0.1) is 5.82 Å². The fourth-order valence-electron chi connectivity index (χ4n) is 1.12. The van der Waals surface area contributed by atoms with Crippen molar-refractivity contribution in [2.45, 2.75) is 12.8 Å². The highest BCUT2D eigenvalue weighted by molar-refractivity contribution is 5.72. The highest BCUT2D eigenvalue weighted by Gasteiger charge is 2.22. The Bertz CT molecular complexity index is 456. The quantitative estimate of drug-likeness (QED) is 0.800. The zero-order valence-corrected chi connectivity index (χ0v) is 8.22. The predicted molar refractivity (Wildman–Crippen MR) is 47.7 cm³/mol. The number of aromatic amines is 1. The summed E-state index contributed by atoms with van der Waals surface area (Å²) in [5.74, 6) is -2.16. The lowest BCUT2D eigenvalue weighted by molar-refractivity contribution is -0.139. The number of aromatic nitrogens is 1. The zero-order chi connectivity index (χ0) is 12.3. The number of ether oxygens (including phenoxy) is 1. The molecular formula is C9H8F3NO3. The monoisotopic (exact) mass is 235 g/mol. The summed E-state index contributed by atoms with van der Waals surface area (Å²) in [7, 11) is 1.08. The number of esters is 1. The zero-order valence-electron chi connectivity index (χ0n) is 8.22. The van der Waals surface area contributed by atoms with Crippen LogP contribution in [0.5, 0.6) is 0 Å². The molecule has 1 aromatic heterocycles. The van der Waals surface area contributed by atoms with Crippen LogP contribution in [-0.4, -0.2) is 18.1 Å². The first-order valence-electron chi connectivity index (χ1n) is 4.22. The molecule has 0 fully saturated rings. The van der Waals surface area contributed by atoms with Gasteiger partial charge in [0.1, 0.15) is 11.4 Å². The van der Waals surface area contributed by atoms with Crippen molar-refractivity contribution >= 4 is 5.97 Å². The molecule has 1 aromatic rings. The molecule has 0 saturated heterocycles. The van der Waals surface area contributed by atoms with Gasteiger partial charge in [-0.25, -0.2) is 13.2 Å². The second kappa shape index (κ2) is 4.82. The maximum Gasteiger partial charge on any atom is 0.310 e. The predicted octanol–water partition coefficient (Wildman–Crippen LogP) is 1.17. The van der Waals surface area contributed by atoms with Crippen molar-refractivity contribution in [2.75, 3.05) is 7.11 Å². The number of rotatable bonds is 3. The average molecular weight is 235 g/mol. The Morgan fingerprint density at radius 1 is 1.56 bits per heavy atom. The van der Waals surface area contributed by atoms with Crippen molar-refractivity contribution in [3.8, 4) is 0 Å². The molecule has 7 heteroatoms. The fourth-order valence-corrected chi connectivity index (χ4v) is 1.12. The molecule has 0 spiro atoms. The minimum Gasteiger partial charge on any atom is -0.469 e. The molecule has 0 aliphatic heterocycles. The van der Waals surface area contributed by atoms with E-state index in [0.29, 0.717) is 0 Å². The molecule has 88 valence electrons. The van der Waals surface area contributed by atoms with Crippen molar-refractivity contribution in [3.05, 3.63) is 33.5 Å². The molecule has 1 heterocycles. The van der Waals surface area contributed by atoms with Gasteiger partial charge in [-0.15, -0.1) is 0 Å². The highest BCUT2D eigenvalue weighted by atomic mass is 19.3. The van der Waals surface area contributed by atoms with Gasteiger partial charge in [-0.1, -0.05) is 0 Å². The van der Waals surface area contributed by atoms with E-state index < -0.39 is 35.8 Å². The van der Waals surface area contributed by atoms with E-state index in [4.69, 9.17) is 0 Å². The van der Waals surface area contributed by atoms with Crippen LogP contribution < -0.4 is 5.56 Å². The van der Waals surface area contributed by atoms with E-state index in [0.717, 1.165) is 13.3 Å². The fraction of sp³-hybridized carbons (Fsp3) is 0.333. The molecule has 0 saturated carbocycles. The molecule has 0 radical (unpaired) electrons. The second-order valence-corrected chi connectivity index (χ2v) is 2.92. The first-order valence-corrected chi connectivity index (χ1v) is 4.22. The first kappa shape index (κ1) is 12.3. The lowest BCUT2D eigenvalue weighted by Gasteiger charge is -2.05. The van der Waals surface area contributed by atoms with Crippen LogP contribution in [0.4, 0.5) is 13.2 Å². The van der Waals surface area contributed by atoms with Crippen molar-refractivity contribution in [1.29, 1.82) is 0 Å². The van der Waals surface area contributed by atoms with Gasteiger partial charge in [-0.3, -0.25) is 9.59 Å². The third kappa shape index (κ3) is 2.41. The largest absolute Gasteiger partial charge is 0.469 e. The van der Waals surface area contributed by atoms with Crippen LogP contribution in [-0.2, 0) is 16.0 Å². The Labute approximate surface area is 88.0 Å². The topological polar surface area (TPSA) is 59.2 Å². The lowest BCUT2D eigenvalue weighted by Crippen LogP contribution is -2.18. The standard InChI is InChI=1S/C9H8F3NO3/c1-16-5(14)2-4-3-13-9(15)6(7(4)10)8(11)12/h3,8H,2H2,1H3,(H,13,15). The molecule has 0 bridgehead atoms. The average Bonchev–Trinajstić information content (AvgIpc) is 2.21. The Balaban J connectivity index is 3.19. The smallest absolute Gasteiger partial charge is 0.310 e. The number of carbonyl (C=O) groups excluding carboxylic acids is 1. The Morgan fingerprint density at radius 2 is 2.19 bits per heavy atom. The van der Waals surface area contributed by atoms with E-state index in [1.54, 1.807) is 0 Å². The first-order chi connectivity index (χ1) is 7.47. The minimum atomic E-state index is -3.23. The summed E-state index contributed by atoms with van der Waals surface area (Å²) in [6, 6.07) is 0. The van der Waals surface area contributed by atoms with Crippen LogP contribution in [0.2, 0.25) is 0 Å². The molecule has 16 heavy (non-hydrogen) atoms. The van der Waals surface area contributed by atoms with E-state index >= 15 is 0 Å². The van der Waals surface area contributed by atoms with E-state index in [1.165, 1.54) is 0 Å². The van der Waals surface area contributed by atoms with E-state index in [1.807, 2.05) is 4.98 Å². The summed E-state index contributed by atoms with van der Waals surface area (Å²) >= 11 is 0. The number of H-pyrrole nitrogens is 1. The molecule has 0 amide bonds. The maximum absolute atomic E-state index is 13.4. The number of hydrogen-bond donors (Lipinski definition) is 1. The van der Waals surface area contributed by atoms with Crippen LogP contribution in [0.25, 0.3) is 0 Å². The van der Waals surface area contributed by atoms with Gasteiger partial charge < -0.3 is 9.72 Å². The number of hydrogen-bond acceptors (Lipinski definition) is 3. The molecule has 0 aromatic carbocycles. The summed E-state index contributed by atoms with van der Waals surface area (Å²) in [5.41, 5.74) is -2.80. The molecular weight excluding hydrogens is 227 g/mol. The molecule has 1 rings (SSSR count). The van der Waals surface area contributed by atoms with E-state index in [9.17, 15) is 22.8 Å². The Kier molecular flexibility index (Phi) is 3.70. The molecule has 0 atom stereocenters. The Morgan fingerprint density at radius 3 is 2.69 bits per heavy atom. The maximum atomic E-state index is 13.4. The van der Waals surface area contributed by atoms with Crippen molar-refractivity contribution in [3.63, 3.8) is 0 Å². The number of methoxy groups -OCH3 is 1. The van der Waals surface area contributed by atoms with Crippen LogP contribution in [0.1, 0.15) is 17.6 Å². The SMILES string of the molecule is COC(=O)Cc1c[nH]c(=O)c(C(F)F)c1F. The summed E-state index contributed by atoms with van der Waals surface area (Å²) in [5, 5.41) is 0. The number of nitrogens with one attached hydrogen (secondary N) is 1. The highest BCUT2D eigenvalue weighted by Crippen LogP contribution is 2.20. The van der Waals surface area contributed by atoms with Crippen LogP contribution in [0.3, 0.4) is 0 Å².